The fraction of sp³-hybridized carbons (Fsp3) is 0.400. The maximum Gasteiger partial charge on any atom is 0.123 e. The van der Waals surface area contributed by atoms with E-state index in [2.05, 4.69) is 5.10 Å². The molecule has 3 rings (SSSR count). The van der Waals surface area contributed by atoms with Crippen LogP contribution in [0.25, 0.3) is 0 Å². The molecule has 1 N–H and O–H groups in total. The lowest BCUT2D eigenvalue weighted by Gasteiger charge is -2.17. The second kappa shape index (κ2) is 5.05. The Morgan fingerprint density at radius 1 is 1.42 bits per heavy atom. The molecular weight excluding hydrogens is 240 g/mol. The number of fused-ring (bicyclic) bond motifs is 1. The Morgan fingerprint density at radius 2 is 2.26 bits per heavy atom. The molecule has 1 aliphatic heterocycles. The van der Waals surface area contributed by atoms with Crippen LogP contribution in [0.1, 0.15) is 23.6 Å². The van der Waals surface area contributed by atoms with E-state index in [1.807, 2.05) is 42.1 Å². The number of aryl methyl sites for hydroxylation is 2. The Morgan fingerprint density at radius 3 is 3.05 bits per heavy atom. The average Bonchev–Trinajstić information content (AvgIpc) is 3.02. The van der Waals surface area contributed by atoms with Crippen LogP contribution < -0.4 is 4.74 Å². The van der Waals surface area contributed by atoms with Gasteiger partial charge in [0, 0.05) is 30.4 Å². The zero-order chi connectivity index (χ0) is 13.2. The van der Waals surface area contributed by atoms with Crippen LogP contribution in [-0.2, 0) is 13.5 Å². The first kappa shape index (κ1) is 12.2. The Labute approximate surface area is 112 Å². The lowest BCUT2D eigenvalue weighted by atomic mass is 9.92. The zero-order valence-electron chi connectivity index (χ0n) is 11.0. The van der Waals surface area contributed by atoms with Gasteiger partial charge in [-0.1, -0.05) is 18.2 Å². The molecule has 0 saturated heterocycles. The van der Waals surface area contributed by atoms with E-state index in [1.165, 1.54) is 0 Å². The monoisotopic (exact) mass is 258 g/mol. The molecule has 0 fully saturated rings. The molecule has 0 radical (unpaired) electrons. The molecule has 4 nitrogen and oxygen atoms in total. The normalized spacial score (nSPS) is 18.9. The number of hydrogen-bond donors (Lipinski definition) is 1. The number of aliphatic hydroxyl groups excluding tert-OH is 1. The van der Waals surface area contributed by atoms with Gasteiger partial charge in [-0.2, -0.15) is 5.10 Å². The standard InChI is InChI=1S/C15H18N2O2/c1-17-11(8-9-16-17)6-7-14(18)13-10-19-15-5-3-2-4-12(13)15/h2-5,8-9,13-14,18H,6-7,10H2,1H3. The van der Waals surface area contributed by atoms with Gasteiger partial charge >= 0.3 is 0 Å². The van der Waals surface area contributed by atoms with E-state index < -0.39 is 0 Å². The van der Waals surface area contributed by atoms with Gasteiger partial charge in [0.15, 0.2) is 0 Å². The summed E-state index contributed by atoms with van der Waals surface area (Å²) in [7, 11) is 1.93. The summed E-state index contributed by atoms with van der Waals surface area (Å²) >= 11 is 0. The van der Waals surface area contributed by atoms with Gasteiger partial charge in [-0.3, -0.25) is 4.68 Å². The number of aromatic nitrogens is 2. The molecule has 19 heavy (non-hydrogen) atoms. The number of rotatable bonds is 4. The predicted octanol–water partition coefficient (Wildman–Crippen LogP) is 1.89. The van der Waals surface area contributed by atoms with Crippen LogP contribution >= 0.6 is 0 Å². The van der Waals surface area contributed by atoms with Crippen molar-refractivity contribution in [2.75, 3.05) is 6.61 Å². The van der Waals surface area contributed by atoms with Gasteiger partial charge in [0.2, 0.25) is 0 Å². The van der Waals surface area contributed by atoms with Gasteiger partial charge in [0.25, 0.3) is 0 Å². The van der Waals surface area contributed by atoms with Crippen molar-refractivity contribution in [3.63, 3.8) is 0 Å². The van der Waals surface area contributed by atoms with E-state index in [0.29, 0.717) is 6.61 Å². The first-order valence-electron chi connectivity index (χ1n) is 6.62. The highest BCUT2D eigenvalue weighted by atomic mass is 16.5. The summed E-state index contributed by atoms with van der Waals surface area (Å²) in [6, 6.07) is 9.95. The summed E-state index contributed by atoms with van der Waals surface area (Å²) in [6.07, 6.45) is 2.96. The van der Waals surface area contributed by atoms with Gasteiger partial charge < -0.3 is 9.84 Å². The number of ether oxygens (including phenoxy) is 1. The number of benzene rings is 1. The van der Waals surface area contributed by atoms with Crippen LogP contribution in [-0.4, -0.2) is 27.6 Å². The quantitative estimate of drug-likeness (QED) is 0.911. The Kier molecular flexibility index (Phi) is 3.25. The number of para-hydroxylation sites is 1. The van der Waals surface area contributed by atoms with Crippen molar-refractivity contribution in [3.8, 4) is 5.75 Å². The first-order chi connectivity index (χ1) is 9.25. The zero-order valence-corrected chi connectivity index (χ0v) is 11.0. The van der Waals surface area contributed by atoms with Crippen molar-refractivity contribution in [2.24, 2.45) is 7.05 Å². The van der Waals surface area contributed by atoms with Crippen molar-refractivity contribution in [2.45, 2.75) is 24.9 Å². The first-order valence-corrected chi connectivity index (χ1v) is 6.62. The Balaban J connectivity index is 1.66. The van der Waals surface area contributed by atoms with Crippen LogP contribution in [0.2, 0.25) is 0 Å². The smallest absolute Gasteiger partial charge is 0.123 e. The van der Waals surface area contributed by atoms with E-state index in [-0.39, 0.29) is 12.0 Å². The Bertz CT molecular complexity index is 565. The second-order valence-corrected chi connectivity index (χ2v) is 5.01. The van der Waals surface area contributed by atoms with Crippen molar-refractivity contribution in [1.29, 1.82) is 0 Å². The maximum atomic E-state index is 10.4. The highest BCUT2D eigenvalue weighted by Gasteiger charge is 2.29. The molecule has 1 aromatic carbocycles. The van der Waals surface area contributed by atoms with Crippen LogP contribution in [0, 0.1) is 0 Å². The van der Waals surface area contributed by atoms with Crippen LogP contribution in [0.3, 0.4) is 0 Å². The minimum Gasteiger partial charge on any atom is -0.493 e. The molecule has 0 spiro atoms. The van der Waals surface area contributed by atoms with Crippen LogP contribution in [0.4, 0.5) is 0 Å². The summed E-state index contributed by atoms with van der Waals surface area (Å²) in [4.78, 5) is 0. The van der Waals surface area contributed by atoms with Gasteiger partial charge in [-0.15, -0.1) is 0 Å². The summed E-state index contributed by atoms with van der Waals surface area (Å²) in [6.45, 7) is 0.575. The van der Waals surface area contributed by atoms with Gasteiger partial charge in [0.05, 0.1) is 12.7 Å². The number of nitrogens with zero attached hydrogens (tertiary/aromatic N) is 2. The molecule has 100 valence electrons. The van der Waals surface area contributed by atoms with E-state index in [1.54, 1.807) is 6.20 Å². The van der Waals surface area contributed by atoms with E-state index in [4.69, 9.17) is 4.74 Å². The van der Waals surface area contributed by atoms with E-state index in [9.17, 15) is 5.11 Å². The predicted molar refractivity (Wildman–Crippen MR) is 72.2 cm³/mol. The molecule has 0 bridgehead atoms. The molecule has 0 amide bonds. The summed E-state index contributed by atoms with van der Waals surface area (Å²) < 4.78 is 7.47. The average molecular weight is 258 g/mol. The minimum atomic E-state index is -0.376. The third-order valence-corrected chi connectivity index (χ3v) is 3.82. The fourth-order valence-electron chi connectivity index (χ4n) is 2.65. The van der Waals surface area contributed by atoms with Crippen molar-refractivity contribution >= 4 is 0 Å². The van der Waals surface area contributed by atoms with E-state index in [0.717, 1.165) is 29.8 Å². The molecular formula is C15H18N2O2. The molecule has 0 aliphatic carbocycles. The Hall–Kier alpha value is -1.81. The highest BCUT2D eigenvalue weighted by molar-refractivity contribution is 5.40. The fourth-order valence-corrected chi connectivity index (χ4v) is 2.65. The topological polar surface area (TPSA) is 47.3 Å². The second-order valence-electron chi connectivity index (χ2n) is 5.01. The molecule has 2 aromatic rings. The lowest BCUT2D eigenvalue weighted by Crippen LogP contribution is -2.21. The summed E-state index contributed by atoms with van der Waals surface area (Å²) in [5, 5.41) is 14.5. The molecule has 0 saturated carbocycles. The lowest BCUT2D eigenvalue weighted by molar-refractivity contribution is 0.120. The molecule has 2 heterocycles. The van der Waals surface area contributed by atoms with Gasteiger partial charge in [-0.05, 0) is 25.0 Å². The minimum absolute atomic E-state index is 0.0874. The largest absolute Gasteiger partial charge is 0.493 e. The third-order valence-electron chi connectivity index (χ3n) is 3.82. The van der Waals surface area contributed by atoms with Gasteiger partial charge in [-0.25, -0.2) is 0 Å². The number of aliphatic hydroxyl groups is 1. The van der Waals surface area contributed by atoms with Crippen LogP contribution in [0.15, 0.2) is 36.5 Å². The molecule has 2 unspecified atom stereocenters. The molecule has 4 heteroatoms. The van der Waals surface area contributed by atoms with E-state index >= 15 is 0 Å². The third kappa shape index (κ3) is 2.36. The van der Waals surface area contributed by atoms with Crippen molar-refractivity contribution in [3.05, 3.63) is 47.8 Å². The SMILES string of the molecule is Cn1nccc1CCC(O)C1COc2ccccc21. The van der Waals surface area contributed by atoms with Crippen LogP contribution in [0.5, 0.6) is 5.75 Å². The summed E-state index contributed by atoms with van der Waals surface area (Å²) in [5.41, 5.74) is 2.27. The molecule has 1 aromatic heterocycles. The molecule has 1 aliphatic rings. The maximum absolute atomic E-state index is 10.4. The summed E-state index contributed by atoms with van der Waals surface area (Å²) in [5.74, 6) is 0.997. The van der Waals surface area contributed by atoms with Gasteiger partial charge in [0.1, 0.15) is 5.75 Å². The highest BCUT2D eigenvalue weighted by Crippen LogP contribution is 2.36. The number of hydrogen-bond acceptors (Lipinski definition) is 3. The van der Waals surface area contributed by atoms with Crippen molar-refractivity contribution in [1.82, 2.24) is 9.78 Å². The molecule has 2 atom stereocenters. The van der Waals surface area contributed by atoms with Crippen molar-refractivity contribution < 1.29 is 9.84 Å².